The van der Waals surface area contributed by atoms with E-state index < -0.39 is 0 Å². The predicted octanol–water partition coefficient (Wildman–Crippen LogP) is 0.0956. The predicted molar refractivity (Wildman–Crippen MR) is 62.7 cm³/mol. The number of hydrogen-bond acceptors (Lipinski definition) is 3. The van der Waals surface area contributed by atoms with E-state index in [1.807, 2.05) is 6.92 Å². The van der Waals surface area contributed by atoms with Crippen LogP contribution in [-0.4, -0.2) is 41.2 Å². The molecule has 2 heterocycles. The highest BCUT2D eigenvalue weighted by Crippen LogP contribution is 2.05. The third kappa shape index (κ3) is 2.94. The lowest BCUT2D eigenvalue weighted by molar-refractivity contribution is -0.138. The standard InChI is InChI=1S/C12H16N2O3/c1-10-8-14(6-7-17-10)12(16)9-13-5-3-2-4-11(13)15/h2-5,10H,6-9H2,1H3. The van der Waals surface area contributed by atoms with Gasteiger partial charge in [0.2, 0.25) is 5.91 Å². The number of hydrogen-bond donors (Lipinski definition) is 0. The van der Waals surface area contributed by atoms with Crippen LogP contribution in [0.3, 0.4) is 0 Å². The topological polar surface area (TPSA) is 51.5 Å². The fraction of sp³-hybridized carbons (Fsp3) is 0.500. The Morgan fingerprint density at radius 2 is 2.35 bits per heavy atom. The molecule has 1 aliphatic rings. The molecule has 1 saturated heterocycles. The second-order valence-corrected chi connectivity index (χ2v) is 4.19. The normalized spacial score (nSPS) is 20.3. The summed E-state index contributed by atoms with van der Waals surface area (Å²) in [6, 6.07) is 4.87. The molecule has 0 saturated carbocycles. The number of morpholine rings is 1. The Balaban J connectivity index is 2.02. The van der Waals surface area contributed by atoms with E-state index in [1.54, 1.807) is 23.2 Å². The van der Waals surface area contributed by atoms with Crippen LogP contribution in [0.15, 0.2) is 29.2 Å². The Labute approximate surface area is 99.6 Å². The van der Waals surface area contributed by atoms with Crippen LogP contribution in [0.25, 0.3) is 0 Å². The van der Waals surface area contributed by atoms with Gasteiger partial charge in [-0.15, -0.1) is 0 Å². The molecule has 1 amide bonds. The van der Waals surface area contributed by atoms with E-state index in [9.17, 15) is 9.59 Å². The average Bonchev–Trinajstić information content (AvgIpc) is 2.32. The first-order valence-corrected chi connectivity index (χ1v) is 5.71. The molecule has 0 spiro atoms. The number of pyridine rings is 1. The summed E-state index contributed by atoms with van der Waals surface area (Å²) in [5, 5.41) is 0. The second-order valence-electron chi connectivity index (χ2n) is 4.19. The van der Waals surface area contributed by atoms with Gasteiger partial charge in [0.05, 0.1) is 12.7 Å². The highest BCUT2D eigenvalue weighted by Gasteiger charge is 2.21. The van der Waals surface area contributed by atoms with Gasteiger partial charge < -0.3 is 14.2 Å². The maximum absolute atomic E-state index is 12.0. The fourth-order valence-corrected chi connectivity index (χ4v) is 1.88. The Bertz CT molecular complexity index is 455. The zero-order chi connectivity index (χ0) is 12.3. The summed E-state index contributed by atoms with van der Waals surface area (Å²) in [5.74, 6) is -0.0338. The van der Waals surface area contributed by atoms with Crippen molar-refractivity contribution in [2.24, 2.45) is 0 Å². The number of ether oxygens (including phenoxy) is 1. The van der Waals surface area contributed by atoms with Gasteiger partial charge in [-0.05, 0) is 13.0 Å². The first kappa shape index (κ1) is 11.9. The molecular formula is C12H16N2O3. The van der Waals surface area contributed by atoms with Gasteiger partial charge in [0.15, 0.2) is 0 Å². The molecule has 0 radical (unpaired) electrons. The molecule has 92 valence electrons. The summed E-state index contributed by atoms with van der Waals surface area (Å²) in [6.45, 7) is 3.81. The van der Waals surface area contributed by atoms with Crippen LogP contribution < -0.4 is 5.56 Å². The molecule has 0 aromatic carbocycles. The minimum Gasteiger partial charge on any atom is -0.375 e. The molecule has 1 atom stereocenters. The van der Waals surface area contributed by atoms with Crippen molar-refractivity contribution in [1.29, 1.82) is 0 Å². The van der Waals surface area contributed by atoms with Gasteiger partial charge in [-0.25, -0.2) is 0 Å². The number of carbonyl (C=O) groups excluding carboxylic acids is 1. The fourth-order valence-electron chi connectivity index (χ4n) is 1.88. The van der Waals surface area contributed by atoms with E-state index in [0.29, 0.717) is 19.7 Å². The van der Waals surface area contributed by atoms with Crippen LogP contribution >= 0.6 is 0 Å². The maximum Gasteiger partial charge on any atom is 0.250 e. The zero-order valence-corrected chi connectivity index (χ0v) is 9.83. The summed E-state index contributed by atoms with van der Waals surface area (Å²) in [5.41, 5.74) is -0.151. The zero-order valence-electron chi connectivity index (χ0n) is 9.83. The van der Waals surface area contributed by atoms with Crippen LogP contribution in [0, 0.1) is 0 Å². The van der Waals surface area contributed by atoms with Crippen molar-refractivity contribution in [3.63, 3.8) is 0 Å². The van der Waals surface area contributed by atoms with Crippen molar-refractivity contribution in [2.45, 2.75) is 19.6 Å². The molecule has 1 aliphatic heterocycles. The Morgan fingerprint density at radius 1 is 1.53 bits per heavy atom. The van der Waals surface area contributed by atoms with Crippen molar-refractivity contribution in [1.82, 2.24) is 9.47 Å². The SMILES string of the molecule is CC1CN(C(=O)Cn2ccccc2=O)CCO1. The first-order valence-electron chi connectivity index (χ1n) is 5.71. The summed E-state index contributed by atoms with van der Waals surface area (Å²) in [7, 11) is 0. The highest BCUT2D eigenvalue weighted by atomic mass is 16.5. The van der Waals surface area contributed by atoms with E-state index in [1.165, 1.54) is 10.6 Å². The number of amides is 1. The van der Waals surface area contributed by atoms with Crippen molar-refractivity contribution < 1.29 is 9.53 Å². The summed E-state index contributed by atoms with van der Waals surface area (Å²) >= 11 is 0. The van der Waals surface area contributed by atoms with Crippen LogP contribution in [-0.2, 0) is 16.1 Å². The van der Waals surface area contributed by atoms with Gasteiger partial charge in [-0.2, -0.15) is 0 Å². The van der Waals surface area contributed by atoms with E-state index in [2.05, 4.69) is 0 Å². The van der Waals surface area contributed by atoms with Crippen LogP contribution in [0.4, 0.5) is 0 Å². The summed E-state index contributed by atoms with van der Waals surface area (Å²) in [4.78, 5) is 25.2. The molecule has 1 unspecified atom stereocenters. The largest absolute Gasteiger partial charge is 0.375 e. The van der Waals surface area contributed by atoms with Crippen molar-refractivity contribution in [2.75, 3.05) is 19.7 Å². The minimum atomic E-state index is -0.151. The lowest BCUT2D eigenvalue weighted by Crippen LogP contribution is -2.46. The van der Waals surface area contributed by atoms with E-state index in [4.69, 9.17) is 4.74 Å². The summed E-state index contributed by atoms with van der Waals surface area (Å²) in [6.07, 6.45) is 1.70. The van der Waals surface area contributed by atoms with Crippen LogP contribution in [0.1, 0.15) is 6.92 Å². The number of aromatic nitrogens is 1. The smallest absolute Gasteiger partial charge is 0.250 e. The molecule has 17 heavy (non-hydrogen) atoms. The number of rotatable bonds is 2. The van der Waals surface area contributed by atoms with Gasteiger partial charge in [0.1, 0.15) is 6.54 Å². The maximum atomic E-state index is 12.0. The molecule has 0 N–H and O–H groups in total. The van der Waals surface area contributed by atoms with Gasteiger partial charge in [-0.3, -0.25) is 9.59 Å². The van der Waals surface area contributed by atoms with Crippen LogP contribution in [0.5, 0.6) is 0 Å². The molecule has 0 aliphatic carbocycles. The average molecular weight is 236 g/mol. The Hall–Kier alpha value is -1.62. The van der Waals surface area contributed by atoms with Gasteiger partial charge in [-0.1, -0.05) is 6.07 Å². The third-order valence-corrected chi connectivity index (χ3v) is 2.80. The van der Waals surface area contributed by atoms with Gasteiger partial charge in [0, 0.05) is 25.4 Å². The Morgan fingerprint density at radius 3 is 3.06 bits per heavy atom. The van der Waals surface area contributed by atoms with Crippen molar-refractivity contribution >= 4 is 5.91 Å². The van der Waals surface area contributed by atoms with Crippen molar-refractivity contribution in [3.05, 3.63) is 34.7 Å². The first-order chi connectivity index (χ1) is 8.16. The molecule has 5 nitrogen and oxygen atoms in total. The molecule has 1 fully saturated rings. The summed E-state index contributed by atoms with van der Waals surface area (Å²) < 4.78 is 6.79. The molecule has 2 rings (SSSR count). The minimum absolute atomic E-state index is 0.0338. The number of nitrogens with zero attached hydrogens (tertiary/aromatic N) is 2. The van der Waals surface area contributed by atoms with Crippen molar-refractivity contribution in [3.8, 4) is 0 Å². The molecule has 0 bridgehead atoms. The monoisotopic (exact) mass is 236 g/mol. The highest BCUT2D eigenvalue weighted by molar-refractivity contribution is 5.76. The second kappa shape index (κ2) is 5.14. The van der Waals surface area contributed by atoms with E-state index >= 15 is 0 Å². The molecule has 1 aromatic heterocycles. The third-order valence-electron chi connectivity index (χ3n) is 2.80. The quantitative estimate of drug-likeness (QED) is 0.731. The van der Waals surface area contributed by atoms with Crippen LogP contribution in [0.2, 0.25) is 0 Å². The molecular weight excluding hydrogens is 220 g/mol. The molecule has 5 heteroatoms. The van der Waals surface area contributed by atoms with E-state index in [0.717, 1.165) is 0 Å². The van der Waals surface area contributed by atoms with E-state index in [-0.39, 0.29) is 24.1 Å². The number of carbonyl (C=O) groups is 1. The van der Waals surface area contributed by atoms with Gasteiger partial charge in [0.25, 0.3) is 5.56 Å². The van der Waals surface area contributed by atoms with Gasteiger partial charge >= 0.3 is 0 Å². The lowest BCUT2D eigenvalue weighted by atomic mass is 10.3. The lowest BCUT2D eigenvalue weighted by Gasteiger charge is -2.31. The Kier molecular flexibility index (Phi) is 3.58. The molecule has 1 aromatic rings.